The van der Waals surface area contributed by atoms with Crippen LogP contribution in [0.3, 0.4) is 0 Å². The maximum atomic E-state index is 9.79. The minimum Gasteiger partial charge on any atom is -0.488 e. The number of aliphatic hydroxyl groups is 1. The van der Waals surface area contributed by atoms with Gasteiger partial charge in [-0.1, -0.05) is 35.9 Å². The number of benzene rings is 2. The Hall–Kier alpha value is -1.25. The van der Waals surface area contributed by atoms with Crippen molar-refractivity contribution in [2.24, 2.45) is 0 Å². The smallest absolute Gasteiger partial charge is 0.146 e. The number of hydrogen-bond donors (Lipinski definition) is 1. The SMILES string of the molecule is OC1COc2c(Cl)ccc3cccc1c23. The molecule has 0 amide bonds. The molecule has 0 aliphatic carbocycles. The summed E-state index contributed by atoms with van der Waals surface area (Å²) in [4.78, 5) is 0. The van der Waals surface area contributed by atoms with Crippen LogP contribution in [0.5, 0.6) is 5.75 Å². The van der Waals surface area contributed by atoms with Gasteiger partial charge in [0.05, 0.1) is 5.02 Å². The van der Waals surface area contributed by atoms with Crippen LogP contribution in [0.15, 0.2) is 30.3 Å². The van der Waals surface area contributed by atoms with Crippen molar-refractivity contribution in [3.63, 3.8) is 0 Å². The quantitative estimate of drug-likeness (QED) is 0.740. The molecule has 1 heterocycles. The molecule has 1 N–H and O–H groups in total. The topological polar surface area (TPSA) is 29.5 Å². The molecule has 2 aromatic carbocycles. The van der Waals surface area contributed by atoms with Crippen molar-refractivity contribution < 1.29 is 9.84 Å². The van der Waals surface area contributed by atoms with E-state index >= 15 is 0 Å². The molecule has 1 unspecified atom stereocenters. The Labute approximate surface area is 92.0 Å². The molecule has 1 aliphatic heterocycles. The summed E-state index contributed by atoms with van der Waals surface area (Å²) in [6.45, 7) is 0.274. The molecule has 0 radical (unpaired) electrons. The Morgan fingerprint density at radius 2 is 2.13 bits per heavy atom. The van der Waals surface area contributed by atoms with Gasteiger partial charge in [-0.05, 0) is 17.0 Å². The molecule has 2 aromatic rings. The molecule has 15 heavy (non-hydrogen) atoms. The van der Waals surface area contributed by atoms with Gasteiger partial charge in [-0.2, -0.15) is 0 Å². The van der Waals surface area contributed by atoms with Crippen LogP contribution in [0.2, 0.25) is 5.02 Å². The lowest BCUT2D eigenvalue weighted by molar-refractivity contribution is 0.103. The summed E-state index contributed by atoms with van der Waals surface area (Å²) in [7, 11) is 0. The van der Waals surface area contributed by atoms with Gasteiger partial charge < -0.3 is 9.84 Å². The third kappa shape index (κ3) is 1.22. The molecule has 3 rings (SSSR count). The fourth-order valence-corrected chi connectivity index (χ4v) is 2.23. The monoisotopic (exact) mass is 220 g/mol. The first-order chi connectivity index (χ1) is 7.27. The molecule has 0 fully saturated rings. The van der Waals surface area contributed by atoms with Crippen LogP contribution in [0.1, 0.15) is 11.7 Å². The molecule has 2 nitrogen and oxygen atoms in total. The Balaban J connectivity index is 2.48. The molecular weight excluding hydrogens is 212 g/mol. The van der Waals surface area contributed by atoms with E-state index in [4.69, 9.17) is 16.3 Å². The summed E-state index contributed by atoms with van der Waals surface area (Å²) in [6.07, 6.45) is -0.556. The van der Waals surface area contributed by atoms with E-state index in [2.05, 4.69) is 0 Å². The van der Waals surface area contributed by atoms with Gasteiger partial charge in [-0.3, -0.25) is 0 Å². The second-order valence-electron chi connectivity index (χ2n) is 3.65. The molecule has 0 aromatic heterocycles. The van der Waals surface area contributed by atoms with Crippen molar-refractivity contribution in [2.75, 3.05) is 6.61 Å². The average Bonchev–Trinajstić information content (AvgIpc) is 2.26. The van der Waals surface area contributed by atoms with Crippen LogP contribution in [-0.4, -0.2) is 11.7 Å². The zero-order chi connectivity index (χ0) is 10.4. The largest absolute Gasteiger partial charge is 0.488 e. The first-order valence-electron chi connectivity index (χ1n) is 4.79. The predicted octanol–water partition coefficient (Wildman–Crippen LogP) is 2.92. The molecule has 76 valence electrons. The lowest BCUT2D eigenvalue weighted by Crippen LogP contribution is -2.15. The molecule has 0 bridgehead atoms. The van der Waals surface area contributed by atoms with Crippen LogP contribution < -0.4 is 4.74 Å². The van der Waals surface area contributed by atoms with Gasteiger partial charge >= 0.3 is 0 Å². The number of ether oxygens (including phenoxy) is 1. The third-order valence-corrected chi connectivity index (χ3v) is 3.02. The fourth-order valence-electron chi connectivity index (χ4n) is 2.02. The fraction of sp³-hybridized carbons (Fsp3) is 0.167. The molecule has 0 spiro atoms. The molecule has 0 saturated carbocycles. The Morgan fingerprint density at radius 1 is 1.27 bits per heavy atom. The van der Waals surface area contributed by atoms with Crippen molar-refractivity contribution in [3.8, 4) is 5.75 Å². The lowest BCUT2D eigenvalue weighted by Gasteiger charge is -2.23. The second-order valence-corrected chi connectivity index (χ2v) is 4.06. The summed E-state index contributed by atoms with van der Waals surface area (Å²) in [6, 6.07) is 9.59. The molecular formula is C12H9ClO2. The minimum absolute atomic E-state index is 0.274. The highest BCUT2D eigenvalue weighted by Crippen LogP contribution is 2.41. The van der Waals surface area contributed by atoms with E-state index in [1.807, 2.05) is 30.3 Å². The van der Waals surface area contributed by atoms with E-state index in [0.717, 1.165) is 16.3 Å². The van der Waals surface area contributed by atoms with Gasteiger partial charge in [-0.25, -0.2) is 0 Å². The summed E-state index contributed by atoms with van der Waals surface area (Å²) in [5, 5.41) is 12.4. The lowest BCUT2D eigenvalue weighted by atomic mass is 9.98. The van der Waals surface area contributed by atoms with E-state index in [9.17, 15) is 5.11 Å². The number of halogens is 1. The summed E-state index contributed by atoms with van der Waals surface area (Å²) in [5.41, 5.74) is 0.899. The zero-order valence-electron chi connectivity index (χ0n) is 7.90. The van der Waals surface area contributed by atoms with Crippen molar-refractivity contribution >= 4 is 22.4 Å². The summed E-state index contributed by atoms with van der Waals surface area (Å²) < 4.78 is 5.46. The second kappa shape index (κ2) is 3.12. The maximum absolute atomic E-state index is 9.79. The average molecular weight is 221 g/mol. The van der Waals surface area contributed by atoms with E-state index in [1.54, 1.807) is 0 Å². The molecule has 0 saturated heterocycles. The van der Waals surface area contributed by atoms with Gasteiger partial charge in [0, 0.05) is 5.39 Å². The molecule has 3 heteroatoms. The van der Waals surface area contributed by atoms with Crippen molar-refractivity contribution in [2.45, 2.75) is 6.10 Å². The Morgan fingerprint density at radius 3 is 3.00 bits per heavy atom. The van der Waals surface area contributed by atoms with Gasteiger partial charge in [0.15, 0.2) is 0 Å². The van der Waals surface area contributed by atoms with E-state index < -0.39 is 6.10 Å². The van der Waals surface area contributed by atoms with E-state index in [-0.39, 0.29) is 6.61 Å². The summed E-state index contributed by atoms with van der Waals surface area (Å²) >= 11 is 6.05. The predicted molar refractivity (Wildman–Crippen MR) is 59.4 cm³/mol. The molecule has 1 aliphatic rings. The first kappa shape index (κ1) is 9.01. The van der Waals surface area contributed by atoms with Gasteiger partial charge in [0.2, 0.25) is 0 Å². The third-order valence-electron chi connectivity index (χ3n) is 2.73. The Bertz CT molecular complexity index is 536. The van der Waals surface area contributed by atoms with Gasteiger partial charge in [-0.15, -0.1) is 0 Å². The number of aliphatic hydroxyl groups excluding tert-OH is 1. The van der Waals surface area contributed by atoms with Gasteiger partial charge in [0.25, 0.3) is 0 Å². The van der Waals surface area contributed by atoms with Crippen LogP contribution in [-0.2, 0) is 0 Å². The van der Waals surface area contributed by atoms with Crippen LogP contribution in [0.4, 0.5) is 0 Å². The highest BCUT2D eigenvalue weighted by atomic mass is 35.5. The van der Waals surface area contributed by atoms with Crippen LogP contribution in [0.25, 0.3) is 10.8 Å². The normalized spacial score (nSPS) is 18.9. The highest BCUT2D eigenvalue weighted by molar-refractivity contribution is 6.33. The maximum Gasteiger partial charge on any atom is 0.146 e. The zero-order valence-corrected chi connectivity index (χ0v) is 8.66. The minimum atomic E-state index is -0.556. The van der Waals surface area contributed by atoms with Crippen LogP contribution in [0, 0.1) is 0 Å². The Kier molecular flexibility index (Phi) is 1.87. The van der Waals surface area contributed by atoms with Crippen molar-refractivity contribution in [1.29, 1.82) is 0 Å². The van der Waals surface area contributed by atoms with Gasteiger partial charge in [0.1, 0.15) is 18.5 Å². The van der Waals surface area contributed by atoms with E-state index in [0.29, 0.717) is 10.8 Å². The van der Waals surface area contributed by atoms with Crippen molar-refractivity contribution in [1.82, 2.24) is 0 Å². The van der Waals surface area contributed by atoms with Crippen molar-refractivity contribution in [3.05, 3.63) is 40.9 Å². The highest BCUT2D eigenvalue weighted by Gasteiger charge is 2.22. The molecule has 1 atom stereocenters. The standard InChI is InChI=1S/C12H9ClO2/c13-9-5-4-7-2-1-3-8-10(14)6-15-12(9)11(7)8/h1-5,10,14H,6H2. The first-order valence-corrected chi connectivity index (χ1v) is 5.17. The number of hydrogen-bond acceptors (Lipinski definition) is 2. The van der Waals surface area contributed by atoms with E-state index in [1.165, 1.54) is 0 Å². The summed E-state index contributed by atoms with van der Waals surface area (Å²) in [5.74, 6) is 0.690. The number of rotatable bonds is 0. The van der Waals surface area contributed by atoms with Crippen LogP contribution >= 0.6 is 11.6 Å².